The highest BCUT2D eigenvalue weighted by molar-refractivity contribution is 7.53. The van der Waals surface area contributed by atoms with Crippen molar-refractivity contribution in [1.29, 1.82) is 0 Å². The van der Waals surface area contributed by atoms with Gasteiger partial charge in [0, 0.05) is 0 Å². The van der Waals surface area contributed by atoms with Crippen LogP contribution < -0.4 is 0 Å². The Balaban J connectivity index is 3.50. The van der Waals surface area contributed by atoms with E-state index in [9.17, 15) is 4.57 Å². The molecule has 0 heterocycles. The summed E-state index contributed by atoms with van der Waals surface area (Å²) in [7, 11) is -2.85. The average molecular weight is 417 g/mol. The van der Waals surface area contributed by atoms with Crippen LogP contribution in [0.4, 0.5) is 0 Å². The van der Waals surface area contributed by atoms with E-state index in [1.165, 1.54) is 77.0 Å². The zero-order valence-electron chi connectivity index (χ0n) is 19.3. The smallest absolute Gasteiger partial charge is 0.309 e. The molecule has 0 unspecified atom stereocenters. The molecule has 0 radical (unpaired) electrons. The van der Waals surface area contributed by atoms with Crippen LogP contribution in [0.15, 0.2) is 12.2 Å². The van der Waals surface area contributed by atoms with Gasteiger partial charge in [-0.05, 0) is 44.9 Å². The number of allylic oxidation sites excluding steroid dienone is 2. The molecule has 0 bridgehead atoms. The van der Waals surface area contributed by atoms with Crippen LogP contribution in [0.25, 0.3) is 0 Å². The highest BCUT2D eigenvalue weighted by atomic mass is 31.2. The summed E-state index contributed by atoms with van der Waals surface area (Å²) >= 11 is 0. The molecule has 0 atom stereocenters. The zero-order chi connectivity index (χ0) is 20.8. The molecule has 0 aromatic heterocycles. The molecule has 0 aliphatic carbocycles. The van der Waals surface area contributed by atoms with Crippen LogP contribution in [0.1, 0.15) is 124 Å². The van der Waals surface area contributed by atoms with Gasteiger partial charge in [0.1, 0.15) is 0 Å². The number of hydrogen-bond acceptors (Lipinski definition) is 3. The number of rotatable bonds is 22. The predicted octanol–water partition coefficient (Wildman–Crippen LogP) is 9.07. The van der Waals surface area contributed by atoms with Crippen LogP contribution >= 0.6 is 7.60 Å². The van der Waals surface area contributed by atoms with Gasteiger partial charge < -0.3 is 9.05 Å². The minimum Gasteiger partial charge on any atom is -0.309 e. The fraction of sp³-hybridized carbons (Fsp3) is 0.917. The average Bonchev–Trinajstić information content (AvgIpc) is 2.70. The summed E-state index contributed by atoms with van der Waals surface area (Å²) in [5.41, 5.74) is 0. The SMILES string of the molecule is CCCCCCCC/C=C\CCCCCCCCP(=O)(OCCC)OCCC. The lowest BCUT2D eigenvalue weighted by molar-refractivity contribution is 0.204. The maximum Gasteiger partial charge on any atom is 0.330 e. The van der Waals surface area contributed by atoms with Crippen LogP contribution in [0.3, 0.4) is 0 Å². The van der Waals surface area contributed by atoms with Gasteiger partial charge in [0.05, 0.1) is 19.4 Å². The van der Waals surface area contributed by atoms with Gasteiger partial charge in [-0.2, -0.15) is 0 Å². The van der Waals surface area contributed by atoms with E-state index in [-0.39, 0.29) is 0 Å². The minimum atomic E-state index is -2.85. The van der Waals surface area contributed by atoms with E-state index in [4.69, 9.17) is 9.05 Å². The Hall–Kier alpha value is -0.110. The van der Waals surface area contributed by atoms with Crippen molar-refractivity contribution in [2.45, 2.75) is 124 Å². The van der Waals surface area contributed by atoms with E-state index >= 15 is 0 Å². The Morgan fingerprint density at radius 1 is 0.571 bits per heavy atom. The number of unbranched alkanes of at least 4 members (excludes halogenated alkanes) is 12. The Bertz CT molecular complexity index is 370. The van der Waals surface area contributed by atoms with Crippen molar-refractivity contribution in [3.8, 4) is 0 Å². The van der Waals surface area contributed by atoms with Crippen molar-refractivity contribution in [2.24, 2.45) is 0 Å². The topological polar surface area (TPSA) is 35.5 Å². The fourth-order valence-electron chi connectivity index (χ4n) is 3.18. The Morgan fingerprint density at radius 2 is 1.00 bits per heavy atom. The quantitative estimate of drug-likeness (QED) is 0.100. The Labute approximate surface area is 176 Å². The largest absolute Gasteiger partial charge is 0.330 e. The standard InChI is InChI=1S/C24H49O3P/c1-4-7-8-9-10-11-12-13-14-15-16-17-18-19-20-21-24-28(25,26-22-5-2)27-23-6-3/h13-14H,4-12,15-24H2,1-3H3/b14-13-. The van der Waals surface area contributed by atoms with Crippen LogP contribution in [-0.4, -0.2) is 19.4 Å². The second kappa shape index (κ2) is 21.6. The van der Waals surface area contributed by atoms with E-state index < -0.39 is 7.60 Å². The lowest BCUT2D eigenvalue weighted by Gasteiger charge is -2.18. The molecule has 28 heavy (non-hydrogen) atoms. The fourth-order valence-corrected chi connectivity index (χ4v) is 5.05. The van der Waals surface area contributed by atoms with Crippen LogP contribution in [0, 0.1) is 0 Å². The van der Waals surface area contributed by atoms with Crippen molar-refractivity contribution >= 4 is 7.60 Å². The Morgan fingerprint density at radius 3 is 1.46 bits per heavy atom. The van der Waals surface area contributed by atoms with Crippen LogP contribution in [0.2, 0.25) is 0 Å². The van der Waals surface area contributed by atoms with Gasteiger partial charge in [0.2, 0.25) is 0 Å². The number of hydrogen-bond donors (Lipinski definition) is 0. The van der Waals surface area contributed by atoms with Gasteiger partial charge >= 0.3 is 7.60 Å². The molecule has 3 nitrogen and oxygen atoms in total. The molecule has 168 valence electrons. The summed E-state index contributed by atoms with van der Waals surface area (Å²) in [6.07, 6.45) is 25.1. The lowest BCUT2D eigenvalue weighted by Crippen LogP contribution is -2.02. The first-order valence-electron chi connectivity index (χ1n) is 12.2. The first kappa shape index (κ1) is 27.9. The lowest BCUT2D eigenvalue weighted by atomic mass is 10.1. The van der Waals surface area contributed by atoms with E-state index in [2.05, 4.69) is 19.1 Å². The predicted molar refractivity (Wildman–Crippen MR) is 124 cm³/mol. The highest BCUT2D eigenvalue weighted by Gasteiger charge is 2.23. The van der Waals surface area contributed by atoms with Crippen molar-refractivity contribution < 1.29 is 13.6 Å². The summed E-state index contributed by atoms with van der Waals surface area (Å²) in [4.78, 5) is 0. The van der Waals surface area contributed by atoms with Crippen molar-refractivity contribution in [3.05, 3.63) is 12.2 Å². The molecule has 0 spiro atoms. The molecule has 0 aliphatic rings. The summed E-state index contributed by atoms with van der Waals surface area (Å²) in [6, 6.07) is 0. The minimum absolute atomic E-state index is 0.535. The normalized spacial score (nSPS) is 12.2. The summed E-state index contributed by atoms with van der Waals surface area (Å²) in [5.74, 6) is 0. The van der Waals surface area contributed by atoms with E-state index in [0.29, 0.717) is 19.4 Å². The molecular formula is C24H49O3P. The molecule has 0 saturated heterocycles. The maximum absolute atomic E-state index is 12.6. The first-order valence-corrected chi connectivity index (χ1v) is 13.9. The molecule has 0 saturated carbocycles. The summed E-state index contributed by atoms with van der Waals surface area (Å²) < 4.78 is 23.7. The molecule has 0 amide bonds. The van der Waals surface area contributed by atoms with Gasteiger partial charge in [0.15, 0.2) is 0 Å². The summed E-state index contributed by atoms with van der Waals surface area (Å²) in [6.45, 7) is 7.41. The third-order valence-corrected chi connectivity index (χ3v) is 6.94. The van der Waals surface area contributed by atoms with E-state index in [1.54, 1.807) is 0 Å². The molecular weight excluding hydrogens is 367 g/mol. The van der Waals surface area contributed by atoms with Crippen molar-refractivity contribution in [2.75, 3.05) is 19.4 Å². The third-order valence-electron chi connectivity index (χ3n) is 4.93. The second-order valence-corrected chi connectivity index (χ2v) is 10.1. The van der Waals surface area contributed by atoms with Gasteiger partial charge in [-0.3, -0.25) is 4.57 Å². The molecule has 0 fully saturated rings. The molecule has 0 N–H and O–H groups in total. The van der Waals surface area contributed by atoms with E-state index in [0.717, 1.165) is 25.7 Å². The van der Waals surface area contributed by atoms with Crippen molar-refractivity contribution in [3.63, 3.8) is 0 Å². The second-order valence-electron chi connectivity index (χ2n) is 7.94. The van der Waals surface area contributed by atoms with Crippen LogP contribution in [-0.2, 0) is 13.6 Å². The summed E-state index contributed by atoms with van der Waals surface area (Å²) in [5, 5.41) is 0. The van der Waals surface area contributed by atoms with Gasteiger partial charge in [-0.1, -0.05) is 90.7 Å². The van der Waals surface area contributed by atoms with Crippen molar-refractivity contribution in [1.82, 2.24) is 0 Å². The van der Waals surface area contributed by atoms with Crippen LogP contribution in [0.5, 0.6) is 0 Å². The maximum atomic E-state index is 12.6. The highest BCUT2D eigenvalue weighted by Crippen LogP contribution is 2.49. The van der Waals surface area contributed by atoms with Gasteiger partial charge in [-0.15, -0.1) is 0 Å². The van der Waals surface area contributed by atoms with E-state index in [1.807, 2.05) is 13.8 Å². The van der Waals surface area contributed by atoms with Gasteiger partial charge in [-0.25, -0.2) is 0 Å². The molecule has 0 aromatic carbocycles. The third kappa shape index (κ3) is 19.2. The monoisotopic (exact) mass is 416 g/mol. The molecule has 0 rings (SSSR count). The molecule has 4 heteroatoms. The first-order chi connectivity index (χ1) is 13.7. The molecule has 0 aliphatic heterocycles. The Kier molecular flexibility index (Phi) is 21.5. The van der Waals surface area contributed by atoms with Gasteiger partial charge in [0.25, 0.3) is 0 Å². The zero-order valence-corrected chi connectivity index (χ0v) is 20.2. The molecule has 0 aromatic rings.